The second kappa shape index (κ2) is 6.62. The van der Waals surface area contributed by atoms with Gasteiger partial charge in [0.2, 0.25) is 0 Å². The van der Waals surface area contributed by atoms with Crippen LogP contribution < -0.4 is 0 Å². The van der Waals surface area contributed by atoms with E-state index in [1.165, 1.54) is 0 Å². The standard InChI is InChI=1S/C9H20O2/c1-3-5-8(6-4-2)9(11)7-10/h8-11H,3-7H2,1-2H3. The van der Waals surface area contributed by atoms with Gasteiger partial charge in [-0.15, -0.1) is 0 Å². The fourth-order valence-corrected chi connectivity index (χ4v) is 1.42. The van der Waals surface area contributed by atoms with Gasteiger partial charge in [-0.3, -0.25) is 0 Å². The predicted octanol–water partition coefficient (Wildman–Crippen LogP) is 1.56. The summed E-state index contributed by atoms with van der Waals surface area (Å²) in [7, 11) is 0. The molecule has 0 aliphatic heterocycles. The highest BCUT2D eigenvalue weighted by molar-refractivity contribution is 4.66. The van der Waals surface area contributed by atoms with Crippen molar-refractivity contribution in [3.05, 3.63) is 0 Å². The first-order valence-corrected chi connectivity index (χ1v) is 4.55. The second-order valence-electron chi connectivity index (χ2n) is 3.09. The van der Waals surface area contributed by atoms with Gasteiger partial charge in [-0.1, -0.05) is 26.7 Å². The molecule has 0 aromatic heterocycles. The maximum atomic E-state index is 9.33. The zero-order valence-corrected chi connectivity index (χ0v) is 7.58. The van der Waals surface area contributed by atoms with E-state index in [9.17, 15) is 5.11 Å². The Bertz CT molecular complexity index is 77.6. The van der Waals surface area contributed by atoms with Crippen LogP contribution in [0.4, 0.5) is 0 Å². The van der Waals surface area contributed by atoms with Crippen molar-refractivity contribution in [2.24, 2.45) is 5.92 Å². The van der Waals surface area contributed by atoms with Gasteiger partial charge in [0.05, 0.1) is 12.7 Å². The molecule has 0 heterocycles. The molecule has 1 atom stereocenters. The first-order chi connectivity index (χ1) is 5.26. The van der Waals surface area contributed by atoms with Gasteiger partial charge in [0.25, 0.3) is 0 Å². The lowest BCUT2D eigenvalue weighted by molar-refractivity contribution is 0.0397. The minimum atomic E-state index is -0.505. The van der Waals surface area contributed by atoms with Gasteiger partial charge in [0.1, 0.15) is 0 Å². The molecule has 0 radical (unpaired) electrons. The predicted molar refractivity (Wildman–Crippen MR) is 46.4 cm³/mol. The number of hydrogen-bond acceptors (Lipinski definition) is 2. The molecule has 2 N–H and O–H groups in total. The van der Waals surface area contributed by atoms with E-state index in [2.05, 4.69) is 13.8 Å². The van der Waals surface area contributed by atoms with Crippen molar-refractivity contribution in [2.75, 3.05) is 6.61 Å². The zero-order chi connectivity index (χ0) is 8.69. The Morgan fingerprint density at radius 1 is 1.09 bits per heavy atom. The summed E-state index contributed by atoms with van der Waals surface area (Å²) >= 11 is 0. The van der Waals surface area contributed by atoms with Gasteiger partial charge in [-0.2, -0.15) is 0 Å². The maximum Gasteiger partial charge on any atom is 0.0799 e. The summed E-state index contributed by atoms with van der Waals surface area (Å²) < 4.78 is 0. The molecule has 0 aliphatic carbocycles. The normalized spacial score (nSPS) is 13.9. The lowest BCUT2D eigenvalue weighted by Crippen LogP contribution is -2.23. The first kappa shape index (κ1) is 10.9. The molecule has 2 heteroatoms. The third kappa shape index (κ3) is 4.38. The Hall–Kier alpha value is -0.0800. The maximum absolute atomic E-state index is 9.33. The van der Waals surface area contributed by atoms with E-state index in [0.29, 0.717) is 5.92 Å². The Morgan fingerprint density at radius 2 is 1.55 bits per heavy atom. The van der Waals surface area contributed by atoms with Crippen LogP contribution in [0.15, 0.2) is 0 Å². The van der Waals surface area contributed by atoms with Gasteiger partial charge in [-0.25, -0.2) is 0 Å². The van der Waals surface area contributed by atoms with Gasteiger partial charge in [0.15, 0.2) is 0 Å². The summed E-state index contributed by atoms with van der Waals surface area (Å²) in [5.41, 5.74) is 0. The fourth-order valence-electron chi connectivity index (χ4n) is 1.42. The molecule has 0 amide bonds. The van der Waals surface area contributed by atoms with Crippen LogP contribution in [0.2, 0.25) is 0 Å². The van der Waals surface area contributed by atoms with E-state index in [1.54, 1.807) is 0 Å². The lowest BCUT2D eigenvalue weighted by Gasteiger charge is -2.19. The van der Waals surface area contributed by atoms with Gasteiger partial charge in [0, 0.05) is 0 Å². The van der Waals surface area contributed by atoms with Gasteiger partial charge < -0.3 is 10.2 Å². The van der Waals surface area contributed by atoms with Crippen LogP contribution >= 0.6 is 0 Å². The molecule has 2 nitrogen and oxygen atoms in total. The van der Waals surface area contributed by atoms with Crippen molar-refractivity contribution >= 4 is 0 Å². The smallest absolute Gasteiger partial charge is 0.0799 e. The Balaban J connectivity index is 3.66. The molecule has 0 aromatic carbocycles. The molecular formula is C9H20O2. The van der Waals surface area contributed by atoms with Crippen LogP contribution in [-0.2, 0) is 0 Å². The number of hydrogen-bond donors (Lipinski definition) is 2. The summed E-state index contributed by atoms with van der Waals surface area (Å²) in [5.74, 6) is 0.301. The van der Waals surface area contributed by atoms with E-state index in [1.807, 2.05) is 0 Å². The summed E-state index contributed by atoms with van der Waals surface area (Å²) in [6.45, 7) is 4.12. The Kier molecular flexibility index (Phi) is 6.57. The van der Waals surface area contributed by atoms with Crippen LogP contribution in [0, 0.1) is 5.92 Å². The monoisotopic (exact) mass is 160 g/mol. The van der Waals surface area contributed by atoms with Crippen molar-refractivity contribution in [3.63, 3.8) is 0 Å². The van der Waals surface area contributed by atoms with Crippen LogP contribution in [0.25, 0.3) is 0 Å². The number of aliphatic hydroxyl groups excluding tert-OH is 2. The third-order valence-electron chi connectivity index (χ3n) is 2.05. The Labute approximate surface area is 69.2 Å². The second-order valence-corrected chi connectivity index (χ2v) is 3.09. The van der Waals surface area contributed by atoms with E-state index < -0.39 is 6.10 Å². The molecular weight excluding hydrogens is 140 g/mol. The minimum absolute atomic E-state index is 0.0926. The average Bonchev–Trinajstić information content (AvgIpc) is 2.03. The molecule has 0 aromatic rings. The van der Waals surface area contributed by atoms with Gasteiger partial charge >= 0.3 is 0 Å². The topological polar surface area (TPSA) is 40.5 Å². The largest absolute Gasteiger partial charge is 0.394 e. The molecule has 0 saturated carbocycles. The highest BCUT2D eigenvalue weighted by atomic mass is 16.3. The first-order valence-electron chi connectivity index (χ1n) is 4.55. The molecule has 68 valence electrons. The van der Waals surface area contributed by atoms with E-state index >= 15 is 0 Å². The molecule has 0 rings (SSSR count). The molecule has 0 aliphatic rings. The molecule has 0 fully saturated rings. The quantitative estimate of drug-likeness (QED) is 0.619. The minimum Gasteiger partial charge on any atom is -0.394 e. The lowest BCUT2D eigenvalue weighted by atomic mass is 9.93. The molecule has 0 saturated heterocycles. The van der Waals surface area contributed by atoms with Crippen molar-refractivity contribution in [1.29, 1.82) is 0 Å². The SMILES string of the molecule is CCCC(CCC)C(O)CO. The molecule has 11 heavy (non-hydrogen) atoms. The third-order valence-corrected chi connectivity index (χ3v) is 2.05. The molecule has 1 unspecified atom stereocenters. The van der Waals surface area contributed by atoms with Crippen LogP contribution in [0.1, 0.15) is 39.5 Å². The molecule has 0 spiro atoms. The molecule has 0 bridgehead atoms. The summed E-state index contributed by atoms with van der Waals surface area (Å²) in [6, 6.07) is 0. The van der Waals surface area contributed by atoms with Crippen molar-refractivity contribution < 1.29 is 10.2 Å². The summed E-state index contributed by atoms with van der Waals surface area (Å²) in [6.07, 6.45) is 3.71. The van der Waals surface area contributed by atoms with Crippen LogP contribution in [0.5, 0.6) is 0 Å². The van der Waals surface area contributed by atoms with Crippen LogP contribution in [0.3, 0.4) is 0 Å². The average molecular weight is 160 g/mol. The Morgan fingerprint density at radius 3 is 1.82 bits per heavy atom. The highest BCUT2D eigenvalue weighted by Crippen LogP contribution is 2.17. The number of aliphatic hydroxyl groups is 2. The van der Waals surface area contributed by atoms with Crippen molar-refractivity contribution in [3.8, 4) is 0 Å². The highest BCUT2D eigenvalue weighted by Gasteiger charge is 2.15. The summed E-state index contributed by atoms with van der Waals surface area (Å²) in [5, 5.41) is 18.0. The fraction of sp³-hybridized carbons (Fsp3) is 1.00. The van der Waals surface area contributed by atoms with E-state index in [0.717, 1.165) is 25.7 Å². The van der Waals surface area contributed by atoms with Crippen molar-refractivity contribution in [2.45, 2.75) is 45.6 Å². The number of rotatable bonds is 6. The van der Waals surface area contributed by atoms with Crippen molar-refractivity contribution in [1.82, 2.24) is 0 Å². The zero-order valence-electron chi connectivity index (χ0n) is 7.58. The van der Waals surface area contributed by atoms with Gasteiger partial charge in [-0.05, 0) is 18.8 Å². The van der Waals surface area contributed by atoms with E-state index in [4.69, 9.17) is 5.11 Å². The summed E-state index contributed by atoms with van der Waals surface area (Å²) in [4.78, 5) is 0. The van der Waals surface area contributed by atoms with Crippen LogP contribution in [-0.4, -0.2) is 22.9 Å². The van der Waals surface area contributed by atoms with E-state index in [-0.39, 0.29) is 6.61 Å².